The van der Waals surface area contributed by atoms with Crippen LogP contribution in [0.3, 0.4) is 0 Å². The Balaban J connectivity index is 2.73. The zero-order chi connectivity index (χ0) is 23.0. The Bertz CT molecular complexity index is 971. The molecule has 1 heterocycles. The van der Waals surface area contributed by atoms with Gasteiger partial charge in [0, 0.05) is 26.2 Å². The highest BCUT2D eigenvalue weighted by molar-refractivity contribution is 6.18. The molecule has 1 aliphatic heterocycles. The molecule has 31 heavy (non-hydrogen) atoms. The highest BCUT2D eigenvalue weighted by Gasteiger charge is 2.28. The minimum absolute atomic E-state index is 0.288. The molecule has 0 fully saturated rings. The van der Waals surface area contributed by atoms with Crippen LogP contribution < -0.4 is 25.4 Å². The van der Waals surface area contributed by atoms with Crippen LogP contribution in [-0.2, 0) is 4.79 Å². The Labute approximate surface area is 184 Å². The monoisotopic (exact) mass is 424 g/mol. The Kier molecular flexibility index (Phi) is 8.49. The van der Waals surface area contributed by atoms with E-state index in [4.69, 9.17) is 9.47 Å². The van der Waals surface area contributed by atoms with Gasteiger partial charge in [-0.15, -0.1) is 0 Å². The number of nitrogens with zero attached hydrogens (tertiary/aromatic N) is 1. The summed E-state index contributed by atoms with van der Waals surface area (Å²) in [4.78, 5) is 17.1. The molecular formula is C24H32N4O3. The molecule has 0 saturated carbocycles. The van der Waals surface area contributed by atoms with Crippen molar-refractivity contribution in [3.63, 3.8) is 0 Å². The van der Waals surface area contributed by atoms with E-state index in [2.05, 4.69) is 34.4 Å². The molecule has 0 atom stereocenters. The third-order valence-corrected chi connectivity index (χ3v) is 4.87. The average molecular weight is 425 g/mol. The minimum Gasteiger partial charge on any atom is -0.497 e. The van der Waals surface area contributed by atoms with Gasteiger partial charge < -0.3 is 25.4 Å². The van der Waals surface area contributed by atoms with Crippen molar-refractivity contribution < 1.29 is 14.3 Å². The topological polar surface area (TPSA) is 84.0 Å². The van der Waals surface area contributed by atoms with Crippen molar-refractivity contribution in [2.75, 3.05) is 38.9 Å². The van der Waals surface area contributed by atoms with Crippen molar-refractivity contribution in [1.82, 2.24) is 5.32 Å². The fourth-order valence-electron chi connectivity index (χ4n) is 3.33. The Morgan fingerprint density at radius 3 is 2.52 bits per heavy atom. The summed E-state index contributed by atoms with van der Waals surface area (Å²) in [6, 6.07) is 3.65. The van der Waals surface area contributed by atoms with Crippen LogP contribution in [0, 0.1) is 0 Å². The fraction of sp³-hybridized carbons (Fsp3) is 0.333. The van der Waals surface area contributed by atoms with E-state index in [-0.39, 0.29) is 11.5 Å². The van der Waals surface area contributed by atoms with Crippen molar-refractivity contribution in [2.24, 2.45) is 4.99 Å². The second-order valence-corrected chi connectivity index (χ2v) is 6.85. The van der Waals surface area contributed by atoms with Crippen LogP contribution in [0.4, 0.5) is 11.4 Å². The molecule has 1 amide bonds. The number of amides is 1. The van der Waals surface area contributed by atoms with E-state index in [1.54, 1.807) is 34.4 Å². The van der Waals surface area contributed by atoms with E-state index in [0.29, 0.717) is 28.6 Å². The Morgan fingerprint density at radius 2 is 1.97 bits per heavy atom. The van der Waals surface area contributed by atoms with Gasteiger partial charge in [0.1, 0.15) is 17.2 Å². The standard InChI is InChI=1S/C24H32N4O3/c1-8-10-12-16(11-9-2)21(25-4)23-20(15(3)24(29)26-5)28-22-18(27-23)13-17(30-6)14-19(22)31-7/h8,10,12-14,27-28H,3,9,11H2,1-2,4-7H3,(H,26,29)/b10-8-,16-12+,25-21?. The van der Waals surface area contributed by atoms with Crippen LogP contribution in [0.2, 0.25) is 0 Å². The molecule has 1 aromatic carbocycles. The van der Waals surface area contributed by atoms with Crippen molar-refractivity contribution >= 4 is 23.0 Å². The largest absolute Gasteiger partial charge is 0.497 e. The van der Waals surface area contributed by atoms with Gasteiger partial charge in [-0.3, -0.25) is 9.79 Å². The molecule has 3 N–H and O–H groups in total. The van der Waals surface area contributed by atoms with Gasteiger partial charge in [-0.05, 0) is 18.9 Å². The van der Waals surface area contributed by atoms with Crippen LogP contribution in [-0.4, -0.2) is 39.9 Å². The second kappa shape index (κ2) is 11.1. The normalized spacial score (nSPS) is 14.0. The summed E-state index contributed by atoms with van der Waals surface area (Å²) in [6.45, 7) is 8.11. The molecule has 1 aliphatic rings. The van der Waals surface area contributed by atoms with E-state index in [1.807, 2.05) is 31.2 Å². The maximum atomic E-state index is 12.5. The summed E-state index contributed by atoms with van der Waals surface area (Å²) >= 11 is 0. The number of fused-ring (bicyclic) bond motifs is 1. The van der Waals surface area contributed by atoms with E-state index in [9.17, 15) is 4.79 Å². The number of hydrogen-bond donors (Lipinski definition) is 3. The number of anilines is 2. The molecule has 0 radical (unpaired) electrons. The van der Waals surface area contributed by atoms with Crippen molar-refractivity contribution in [2.45, 2.75) is 26.7 Å². The summed E-state index contributed by atoms with van der Waals surface area (Å²) in [7, 11) is 6.50. The van der Waals surface area contributed by atoms with Gasteiger partial charge in [0.25, 0.3) is 5.91 Å². The summed E-state index contributed by atoms with van der Waals surface area (Å²) in [6.07, 6.45) is 7.78. The first-order valence-corrected chi connectivity index (χ1v) is 10.2. The van der Waals surface area contributed by atoms with Crippen LogP contribution >= 0.6 is 0 Å². The van der Waals surface area contributed by atoms with Crippen LogP contribution in [0.1, 0.15) is 26.7 Å². The SMILES string of the molecule is C=C(C(=O)NC)C1=C(C(=NC)/C(=C/C=C\C)CCC)Nc2cc(OC)cc(OC)c2N1. The number of rotatable bonds is 9. The number of ether oxygens (including phenoxy) is 2. The van der Waals surface area contributed by atoms with Gasteiger partial charge in [0.05, 0.1) is 42.6 Å². The fourth-order valence-corrected chi connectivity index (χ4v) is 3.33. The summed E-state index contributed by atoms with van der Waals surface area (Å²) in [5.41, 5.74) is 4.74. The minimum atomic E-state index is -0.289. The Hall–Kier alpha value is -3.48. The second-order valence-electron chi connectivity index (χ2n) is 6.85. The van der Waals surface area contributed by atoms with Gasteiger partial charge in [-0.2, -0.15) is 0 Å². The van der Waals surface area contributed by atoms with Gasteiger partial charge in [0.2, 0.25) is 0 Å². The lowest BCUT2D eigenvalue weighted by Gasteiger charge is -2.29. The lowest BCUT2D eigenvalue weighted by atomic mass is 9.96. The molecule has 7 nitrogen and oxygen atoms in total. The molecule has 0 aromatic heterocycles. The zero-order valence-electron chi connectivity index (χ0n) is 19.2. The van der Waals surface area contributed by atoms with E-state index < -0.39 is 0 Å². The quantitative estimate of drug-likeness (QED) is 0.310. The van der Waals surface area contributed by atoms with Gasteiger partial charge in [-0.25, -0.2) is 0 Å². The lowest BCUT2D eigenvalue weighted by Crippen LogP contribution is -2.30. The molecule has 0 saturated heterocycles. The molecule has 7 heteroatoms. The maximum Gasteiger partial charge on any atom is 0.252 e. The number of carbonyl (C=O) groups excluding carboxylic acids is 1. The van der Waals surface area contributed by atoms with Crippen LogP contribution in [0.15, 0.2) is 64.5 Å². The number of allylic oxidation sites excluding steroid dienone is 4. The van der Waals surface area contributed by atoms with Crippen LogP contribution in [0.5, 0.6) is 11.5 Å². The predicted molar refractivity (Wildman–Crippen MR) is 128 cm³/mol. The average Bonchev–Trinajstić information content (AvgIpc) is 2.80. The van der Waals surface area contributed by atoms with E-state index >= 15 is 0 Å². The van der Waals surface area contributed by atoms with Gasteiger partial charge >= 0.3 is 0 Å². The third kappa shape index (κ3) is 5.17. The number of carbonyl (C=O) groups is 1. The molecule has 2 rings (SSSR count). The summed E-state index contributed by atoms with van der Waals surface area (Å²) < 4.78 is 11.0. The molecule has 166 valence electrons. The van der Waals surface area contributed by atoms with Gasteiger partial charge in [-0.1, -0.05) is 38.2 Å². The highest BCUT2D eigenvalue weighted by atomic mass is 16.5. The highest BCUT2D eigenvalue weighted by Crippen LogP contribution is 2.43. The Morgan fingerprint density at radius 1 is 1.23 bits per heavy atom. The number of benzene rings is 1. The molecule has 0 bridgehead atoms. The number of aliphatic imine (C=N–C) groups is 1. The molecule has 0 aliphatic carbocycles. The van der Waals surface area contributed by atoms with Crippen molar-refractivity contribution in [1.29, 1.82) is 0 Å². The number of hydrogen-bond acceptors (Lipinski definition) is 6. The molecule has 1 aromatic rings. The smallest absolute Gasteiger partial charge is 0.252 e. The third-order valence-electron chi connectivity index (χ3n) is 4.87. The number of nitrogens with one attached hydrogen (secondary N) is 3. The van der Waals surface area contributed by atoms with Crippen molar-refractivity contribution in [3.8, 4) is 11.5 Å². The maximum absolute atomic E-state index is 12.5. The van der Waals surface area contributed by atoms with Crippen LogP contribution in [0.25, 0.3) is 0 Å². The first-order chi connectivity index (χ1) is 14.9. The number of methoxy groups -OCH3 is 2. The lowest BCUT2D eigenvalue weighted by molar-refractivity contribution is -0.116. The van der Waals surface area contributed by atoms with Gasteiger partial charge in [0.15, 0.2) is 0 Å². The van der Waals surface area contributed by atoms with E-state index in [0.717, 1.165) is 29.8 Å². The zero-order valence-corrected chi connectivity index (χ0v) is 19.2. The summed E-state index contributed by atoms with van der Waals surface area (Å²) in [5, 5.41) is 9.44. The number of likely N-dealkylation sites (N-methyl/N-ethyl adjacent to an activating group) is 1. The summed E-state index contributed by atoms with van der Waals surface area (Å²) in [5.74, 6) is 0.935. The van der Waals surface area contributed by atoms with Crippen molar-refractivity contribution in [3.05, 3.63) is 59.5 Å². The predicted octanol–water partition coefficient (Wildman–Crippen LogP) is 4.43. The van der Waals surface area contributed by atoms with E-state index in [1.165, 1.54) is 0 Å². The first-order valence-electron chi connectivity index (χ1n) is 10.2. The molecular weight excluding hydrogens is 392 g/mol. The molecule has 0 unspecified atom stereocenters. The molecule has 0 spiro atoms. The first kappa shape index (κ1) is 23.8.